The topological polar surface area (TPSA) is 78.7 Å². The van der Waals surface area contributed by atoms with Crippen LogP contribution in [0.1, 0.15) is 19.3 Å². The molecule has 2 rings (SSSR count). The molecule has 0 atom stereocenters. The van der Waals surface area contributed by atoms with Crippen LogP contribution < -0.4 is 16.0 Å². The minimum Gasteiger partial charge on any atom is -0.368 e. The van der Waals surface area contributed by atoms with Crippen LogP contribution in [0.15, 0.2) is 30.3 Å². The SMILES string of the molecule is Cl.NCCC(=O)NCCCC(=O)N1CCN(c2ccccc2)CC1. The average Bonchev–Trinajstić information content (AvgIpc) is 2.60. The van der Waals surface area contributed by atoms with Gasteiger partial charge in [-0.05, 0) is 18.6 Å². The maximum atomic E-state index is 12.2. The Labute approximate surface area is 149 Å². The first-order chi connectivity index (χ1) is 11.2. The summed E-state index contributed by atoms with van der Waals surface area (Å²) >= 11 is 0. The molecule has 6 nitrogen and oxygen atoms in total. The Bertz CT molecular complexity index is 505. The second-order valence-electron chi connectivity index (χ2n) is 5.70. The van der Waals surface area contributed by atoms with Gasteiger partial charge in [-0.2, -0.15) is 0 Å². The van der Waals surface area contributed by atoms with Crippen molar-refractivity contribution in [3.05, 3.63) is 30.3 Å². The highest BCUT2D eigenvalue weighted by Gasteiger charge is 2.20. The average molecular weight is 355 g/mol. The number of nitrogens with two attached hydrogens (primary N) is 1. The number of hydrogen-bond donors (Lipinski definition) is 2. The van der Waals surface area contributed by atoms with E-state index in [0.717, 1.165) is 26.2 Å². The predicted molar refractivity (Wildman–Crippen MR) is 98.4 cm³/mol. The molecule has 1 saturated heterocycles. The van der Waals surface area contributed by atoms with Gasteiger partial charge < -0.3 is 20.9 Å². The molecule has 1 aliphatic heterocycles. The highest BCUT2D eigenvalue weighted by atomic mass is 35.5. The van der Waals surface area contributed by atoms with Crippen LogP contribution in [-0.2, 0) is 9.59 Å². The molecule has 0 bridgehead atoms. The summed E-state index contributed by atoms with van der Waals surface area (Å²) in [6, 6.07) is 10.3. The molecule has 0 unspecified atom stereocenters. The van der Waals surface area contributed by atoms with E-state index in [1.54, 1.807) is 0 Å². The fourth-order valence-corrected chi connectivity index (χ4v) is 2.70. The van der Waals surface area contributed by atoms with Gasteiger partial charge in [0, 0.05) is 57.8 Å². The van der Waals surface area contributed by atoms with Crippen LogP contribution in [0, 0.1) is 0 Å². The van der Waals surface area contributed by atoms with E-state index in [1.807, 2.05) is 23.1 Å². The predicted octanol–water partition coefficient (Wildman–Crippen LogP) is 1.00. The second kappa shape index (κ2) is 10.9. The fraction of sp³-hybridized carbons (Fsp3) is 0.529. The van der Waals surface area contributed by atoms with Crippen LogP contribution >= 0.6 is 12.4 Å². The molecule has 0 saturated carbocycles. The zero-order chi connectivity index (χ0) is 16.5. The summed E-state index contributed by atoms with van der Waals surface area (Å²) in [5, 5.41) is 2.77. The largest absolute Gasteiger partial charge is 0.368 e. The van der Waals surface area contributed by atoms with Crippen molar-refractivity contribution in [3.63, 3.8) is 0 Å². The van der Waals surface area contributed by atoms with Crippen LogP contribution in [0.5, 0.6) is 0 Å². The number of nitrogens with one attached hydrogen (secondary N) is 1. The molecule has 2 amide bonds. The number of para-hydroxylation sites is 1. The van der Waals surface area contributed by atoms with E-state index >= 15 is 0 Å². The van der Waals surface area contributed by atoms with Gasteiger partial charge >= 0.3 is 0 Å². The summed E-state index contributed by atoms with van der Waals surface area (Å²) in [5.41, 5.74) is 6.52. The van der Waals surface area contributed by atoms with Gasteiger partial charge in [0.05, 0.1) is 0 Å². The monoisotopic (exact) mass is 354 g/mol. The molecule has 24 heavy (non-hydrogen) atoms. The van der Waals surface area contributed by atoms with E-state index in [1.165, 1.54) is 5.69 Å². The standard InChI is InChI=1S/C17H26N4O2.ClH/c18-9-8-16(22)19-10-4-7-17(23)21-13-11-20(12-14-21)15-5-2-1-3-6-15;/h1-3,5-6H,4,7-14,18H2,(H,19,22);1H. The lowest BCUT2D eigenvalue weighted by atomic mass is 10.2. The van der Waals surface area contributed by atoms with Crippen LogP contribution in [0.2, 0.25) is 0 Å². The zero-order valence-corrected chi connectivity index (χ0v) is 14.8. The molecule has 1 aromatic rings. The first-order valence-electron chi connectivity index (χ1n) is 8.25. The number of piperazine rings is 1. The van der Waals surface area contributed by atoms with Crippen molar-refractivity contribution in [1.29, 1.82) is 0 Å². The minimum absolute atomic E-state index is 0. The molecule has 1 aromatic carbocycles. The third-order valence-corrected chi connectivity index (χ3v) is 4.01. The number of rotatable bonds is 7. The van der Waals surface area contributed by atoms with Crippen LogP contribution in [0.4, 0.5) is 5.69 Å². The van der Waals surface area contributed by atoms with Gasteiger partial charge in [-0.25, -0.2) is 0 Å². The lowest BCUT2D eigenvalue weighted by Gasteiger charge is -2.36. The number of hydrogen-bond acceptors (Lipinski definition) is 4. The maximum absolute atomic E-state index is 12.2. The summed E-state index contributed by atoms with van der Waals surface area (Å²) in [4.78, 5) is 27.7. The minimum atomic E-state index is -0.0450. The van der Waals surface area contributed by atoms with Gasteiger partial charge in [-0.15, -0.1) is 12.4 Å². The second-order valence-corrected chi connectivity index (χ2v) is 5.70. The molecule has 0 aromatic heterocycles. The van der Waals surface area contributed by atoms with Crippen LogP contribution in [0.3, 0.4) is 0 Å². The fourth-order valence-electron chi connectivity index (χ4n) is 2.70. The summed E-state index contributed by atoms with van der Waals surface area (Å²) in [6.07, 6.45) is 1.50. The molecule has 0 radical (unpaired) electrons. The molecule has 3 N–H and O–H groups in total. The Morgan fingerprint density at radius 2 is 1.71 bits per heavy atom. The Kier molecular flexibility index (Phi) is 9.19. The molecule has 1 heterocycles. The molecular formula is C17H27ClN4O2. The number of carbonyl (C=O) groups excluding carboxylic acids is 2. The maximum Gasteiger partial charge on any atom is 0.222 e. The molecule has 0 spiro atoms. The van der Waals surface area contributed by atoms with Gasteiger partial charge in [-0.1, -0.05) is 18.2 Å². The summed E-state index contributed by atoms with van der Waals surface area (Å²) < 4.78 is 0. The summed E-state index contributed by atoms with van der Waals surface area (Å²) in [6.45, 7) is 4.14. The van der Waals surface area contributed by atoms with E-state index in [2.05, 4.69) is 22.3 Å². The van der Waals surface area contributed by atoms with Crippen molar-refractivity contribution in [2.24, 2.45) is 5.73 Å². The Hall–Kier alpha value is -1.79. The number of amides is 2. The number of benzene rings is 1. The number of carbonyl (C=O) groups is 2. The lowest BCUT2D eigenvalue weighted by Crippen LogP contribution is -2.48. The van der Waals surface area contributed by atoms with Gasteiger partial charge in [0.15, 0.2) is 0 Å². The first-order valence-corrected chi connectivity index (χ1v) is 8.25. The number of halogens is 1. The van der Waals surface area contributed by atoms with E-state index in [-0.39, 0.29) is 24.2 Å². The Morgan fingerprint density at radius 1 is 1.04 bits per heavy atom. The van der Waals surface area contributed by atoms with Crippen molar-refractivity contribution < 1.29 is 9.59 Å². The highest BCUT2D eigenvalue weighted by molar-refractivity contribution is 5.85. The van der Waals surface area contributed by atoms with E-state index < -0.39 is 0 Å². The summed E-state index contributed by atoms with van der Waals surface area (Å²) in [5.74, 6) is 0.127. The van der Waals surface area contributed by atoms with Crippen molar-refractivity contribution in [1.82, 2.24) is 10.2 Å². The quantitative estimate of drug-likeness (QED) is 0.716. The van der Waals surface area contributed by atoms with Crippen molar-refractivity contribution >= 4 is 29.9 Å². The number of nitrogens with zero attached hydrogens (tertiary/aromatic N) is 2. The van der Waals surface area contributed by atoms with Crippen molar-refractivity contribution in [2.75, 3.05) is 44.2 Å². The van der Waals surface area contributed by atoms with E-state index in [0.29, 0.717) is 32.4 Å². The lowest BCUT2D eigenvalue weighted by molar-refractivity contribution is -0.131. The van der Waals surface area contributed by atoms with Gasteiger partial charge in [0.25, 0.3) is 0 Å². The third kappa shape index (κ3) is 6.37. The third-order valence-electron chi connectivity index (χ3n) is 4.01. The van der Waals surface area contributed by atoms with Gasteiger partial charge in [0.2, 0.25) is 11.8 Å². The highest BCUT2D eigenvalue weighted by Crippen LogP contribution is 2.15. The van der Waals surface area contributed by atoms with Crippen LogP contribution in [0.25, 0.3) is 0 Å². The molecule has 134 valence electrons. The molecule has 0 aliphatic carbocycles. The molecular weight excluding hydrogens is 328 g/mol. The Balaban J connectivity index is 0.00000288. The molecule has 7 heteroatoms. The van der Waals surface area contributed by atoms with Crippen molar-refractivity contribution in [3.8, 4) is 0 Å². The molecule has 1 fully saturated rings. The first kappa shape index (κ1) is 20.3. The van der Waals surface area contributed by atoms with Crippen molar-refractivity contribution in [2.45, 2.75) is 19.3 Å². The van der Waals surface area contributed by atoms with Gasteiger partial charge in [-0.3, -0.25) is 9.59 Å². The van der Waals surface area contributed by atoms with Crippen LogP contribution in [-0.4, -0.2) is 56.0 Å². The van der Waals surface area contributed by atoms with E-state index in [9.17, 15) is 9.59 Å². The summed E-state index contributed by atoms with van der Waals surface area (Å²) in [7, 11) is 0. The Morgan fingerprint density at radius 3 is 2.33 bits per heavy atom. The normalized spacial score (nSPS) is 14.0. The van der Waals surface area contributed by atoms with E-state index in [4.69, 9.17) is 5.73 Å². The zero-order valence-electron chi connectivity index (χ0n) is 13.9. The van der Waals surface area contributed by atoms with Gasteiger partial charge in [0.1, 0.15) is 0 Å². The number of anilines is 1. The molecule has 1 aliphatic rings. The smallest absolute Gasteiger partial charge is 0.222 e.